The smallest absolute Gasteiger partial charge is 0.291 e. The number of aliphatic hydroxyl groups is 1. The van der Waals surface area contributed by atoms with Crippen LogP contribution in [0.25, 0.3) is 0 Å². The van der Waals surface area contributed by atoms with Crippen LogP contribution in [0.15, 0.2) is 41.5 Å². The van der Waals surface area contributed by atoms with Gasteiger partial charge in [0.25, 0.3) is 5.91 Å². The molecule has 7 nitrogen and oxygen atoms in total. The number of rotatable bonds is 6. The van der Waals surface area contributed by atoms with Crippen molar-refractivity contribution in [2.75, 3.05) is 26.2 Å². The maximum absolute atomic E-state index is 12.3. The molecule has 1 aliphatic heterocycles. The van der Waals surface area contributed by atoms with Crippen LogP contribution in [0.2, 0.25) is 0 Å². The summed E-state index contributed by atoms with van der Waals surface area (Å²) in [5.74, 6) is -0.0102. The molecular formula is C17H22N4O3. The molecule has 0 spiro atoms. The highest BCUT2D eigenvalue weighted by Crippen LogP contribution is 2.24. The average molecular weight is 330 g/mol. The van der Waals surface area contributed by atoms with E-state index in [1.807, 2.05) is 12.1 Å². The number of carbonyl (C=O) groups excluding carboxylic acids is 1. The number of oxazole rings is 1. The average Bonchev–Trinajstić information content (AvgIpc) is 3.25. The molecule has 0 aromatic carbocycles. The first-order valence-electron chi connectivity index (χ1n) is 8.11. The van der Waals surface area contributed by atoms with E-state index in [0.717, 1.165) is 18.7 Å². The lowest BCUT2D eigenvalue weighted by atomic mass is 10.0. The van der Waals surface area contributed by atoms with Crippen molar-refractivity contribution in [1.82, 2.24) is 19.8 Å². The number of hydrogen-bond acceptors (Lipinski definition) is 6. The summed E-state index contributed by atoms with van der Waals surface area (Å²) in [6.07, 6.45) is 6.74. The fourth-order valence-corrected chi connectivity index (χ4v) is 3.08. The Morgan fingerprint density at radius 3 is 2.88 bits per heavy atom. The summed E-state index contributed by atoms with van der Waals surface area (Å²) < 4.78 is 5.06. The van der Waals surface area contributed by atoms with Gasteiger partial charge in [0.2, 0.25) is 5.76 Å². The number of pyridine rings is 1. The van der Waals surface area contributed by atoms with E-state index in [1.54, 1.807) is 17.3 Å². The van der Waals surface area contributed by atoms with Crippen molar-refractivity contribution >= 4 is 5.91 Å². The van der Waals surface area contributed by atoms with Gasteiger partial charge in [-0.1, -0.05) is 6.92 Å². The van der Waals surface area contributed by atoms with Crippen molar-refractivity contribution in [2.45, 2.75) is 25.5 Å². The minimum atomic E-state index is -0.904. The van der Waals surface area contributed by atoms with Crippen LogP contribution in [0.1, 0.15) is 29.5 Å². The Hall–Kier alpha value is -2.25. The Morgan fingerprint density at radius 1 is 1.42 bits per heavy atom. The molecular weight excluding hydrogens is 308 g/mol. The van der Waals surface area contributed by atoms with E-state index >= 15 is 0 Å². The van der Waals surface area contributed by atoms with Crippen molar-refractivity contribution < 1.29 is 14.3 Å². The summed E-state index contributed by atoms with van der Waals surface area (Å²) in [5, 5.41) is 10.9. The van der Waals surface area contributed by atoms with Crippen LogP contribution in [0.3, 0.4) is 0 Å². The Kier molecular flexibility index (Phi) is 4.92. The minimum Gasteiger partial charge on any atom is -0.438 e. The molecule has 2 aromatic heterocycles. The third-order valence-electron chi connectivity index (χ3n) is 4.38. The van der Waals surface area contributed by atoms with E-state index in [1.165, 1.54) is 12.6 Å². The zero-order valence-corrected chi connectivity index (χ0v) is 13.8. The molecule has 1 atom stereocenters. The fourth-order valence-electron chi connectivity index (χ4n) is 3.08. The van der Waals surface area contributed by atoms with Crippen LogP contribution in [-0.4, -0.2) is 62.6 Å². The van der Waals surface area contributed by atoms with Gasteiger partial charge >= 0.3 is 0 Å². The fraction of sp³-hybridized carbons (Fsp3) is 0.471. The van der Waals surface area contributed by atoms with E-state index in [2.05, 4.69) is 21.8 Å². The zero-order valence-electron chi connectivity index (χ0n) is 13.8. The highest BCUT2D eigenvalue weighted by molar-refractivity contribution is 5.91. The lowest BCUT2D eigenvalue weighted by Crippen LogP contribution is -2.45. The number of amides is 1. The molecule has 2 aromatic rings. The molecule has 1 N–H and O–H groups in total. The largest absolute Gasteiger partial charge is 0.438 e. The molecule has 0 aliphatic carbocycles. The standard InChI is InChI=1S/C17H22N4O3/c1-2-20(10-14-3-6-18-7-4-14)11-17(23)5-8-21(12-17)16(22)15-9-19-13-24-15/h3-4,6-7,9,13,23H,2,5,8,10-12H2,1H3/t17-/m1/s1. The van der Waals surface area contributed by atoms with Gasteiger partial charge in [-0.15, -0.1) is 0 Å². The van der Waals surface area contributed by atoms with Gasteiger partial charge in [0.1, 0.15) is 0 Å². The van der Waals surface area contributed by atoms with Crippen LogP contribution < -0.4 is 0 Å². The molecule has 1 amide bonds. The van der Waals surface area contributed by atoms with E-state index in [9.17, 15) is 9.90 Å². The molecule has 1 aliphatic rings. The summed E-state index contributed by atoms with van der Waals surface area (Å²) >= 11 is 0. The Balaban J connectivity index is 1.60. The highest BCUT2D eigenvalue weighted by atomic mass is 16.3. The molecule has 128 valence electrons. The maximum Gasteiger partial charge on any atom is 0.291 e. The quantitative estimate of drug-likeness (QED) is 0.856. The van der Waals surface area contributed by atoms with E-state index in [4.69, 9.17) is 4.42 Å². The molecule has 0 radical (unpaired) electrons. The number of carbonyl (C=O) groups is 1. The summed E-state index contributed by atoms with van der Waals surface area (Å²) in [6, 6.07) is 3.95. The number of nitrogens with zero attached hydrogens (tertiary/aromatic N) is 4. The third kappa shape index (κ3) is 3.80. The van der Waals surface area contributed by atoms with Crippen molar-refractivity contribution in [3.8, 4) is 0 Å². The van der Waals surface area contributed by atoms with Crippen LogP contribution in [-0.2, 0) is 6.54 Å². The number of likely N-dealkylation sites (tertiary alicyclic amines) is 1. The Morgan fingerprint density at radius 2 is 2.21 bits per heavy atom. The Bertz CT molecular complexity index is 662. The number of aromatic nitrogens is 2. The van der Waals surface area contributed by atoms with Gasteiger partial charge in [0, 0.05) is 32.0 Å². The molecule has 0 bridgehead atoms. The van der Waals surface area contributed by atoms with E-state index in [0.29, 0.717) is 26.1 Å². The second kappa shape index (κ2) is 7.11. The molecule has 24 heavy (non-hydrogen) atoms. The first-order valence-corrected chi connectivity index (χ1v) is 8.11. The predicted molar refractivity (Wildman–Crippen MR) is 87.2 cm³/mol. The second-order valence-electron chi connectivity index (χ2n) is 6.23. The Labute approximate surface area is 140 Å². The molecule has 0 saturated carbocycles. The van der Waals surface area contributed by atoms with Crippen LogP contribution in [0, 0.1) is 0 Å². The second-order valence-corrected chi connectivity index (χ2v) is 6.23. The van der Waals surface area contributed by atoms with Crippen molar-refractivity contribution in [3.63, 3.8) is 0 Å². The summed E-state index contributed by atoms with van der Waals surface area (Å²) in [6.45, 7) is 4.98. The maximum atomic E-state index is 12.3. The molecule has 1 saturated heterocycles. The highest BCUT2D eigenvalue weighted by Gasteiger charge is 2.40. The van der Waals surface area contributed by atoms with Crippen molar-refractivity contribution in [2.24, 2.45) is 0 Å². The van der Waals surface area contributed by atoms with Gasteiger partial charge in [0.05, 0.1) is 18.3 Å². The van der Waals surface area contributed by atoms with Crippen molar-refractivity contribution in [1.29, 1.82) is 0 Å². The van der Waals surface area contributed by atoms with Gasteiger partial charge in [-0.25, -0.2) is 4.98 Å². The topological polar surface area (TPSA) is 82.7 Å². The zero-order chi connectivity index (χ0) is 17.0. The SMILES string of the molecule is CCN(Cc1ccncc1)C[C@]1(O)CCN(C(=O)c2cnco2)C1. The monoisotopic (exact) mass is 330 g/mol. The molecule has 1 fully saturated rings. The van der Waals surface area contributed by atoms with Gasteiger partial charge in [-0.3, -0.25) is 14.7 Å². The normalized spacial score (nSPS) is 20.7. The summed E-state index contributed by atoms with van der Waals surface area (Å²) in [7, 11) is 0. The van der Waals surface area contributed by atoms with Gasteiger partial charge < -0.3 is 14.4 Å². The van der Waals surface area contributed by atoms with Crippen molar-refractivity contribution in [3.05, 3.63) is 48.4 Å². The van der Waals surface area contributed by atoms with Gasteiger partial charge in [0.15, 0.2) is 6.39 Å². The summed E-state index contributed by atoms with van der Waals surface area (Å²) in [4.78, 5) is 23.9. The van der Waals surface area contributed by atoms with Gasteiger partial charge in [-0.05, 0) is 30.7 Å². The van der Waals surface area contributed by atoms with Gasteiger partial charge in [-0.2, -0.15) is 0 Å². The number of hydrogen-bond donors (Lipinski definition) is 1. The molecule has 3 heterocycles. The van der Waals surface area contributed by atoms with Crippen LogP contribution in [0.4, 0.5) is 0 Å². The first-order chi connectivity index (χ1) is 11.6. The molecule has 0 unspecified atom stereocenters. The third-order valence-corrected chi connectivity index (χ3v) is 4.38. The van der Waals surface area contributed by atoms with E-state index in [-0.39, 0.29) is 11.7 Å². The first kappa shape index (κ1) is 16.6. The van der Waals surface area contributed by atoms with Crippen LogP contribution in [0.5, 0.6) is 0 Å². The lowest BCUT2D eigenvalue weighted by Gasteiger charge is -2.30. The van der Waals surface area contributed by atoms with E-state index < -0.39 is 5.60 Å². The predicted octanol–water partition coefficient (Wildman–Crippen LogP) is 1.17. The van der Waals surface area contributed by atoms with Crippen LogP contribution >= 0.6 is 0 Å². The number of β-amino-alcohol motifs (C(OH)–C–C–N with tert-alkyl or cyclic N) is 1. The molecule has 7 heteroatoms. The number of likely N-dealkylation sites (N-methyl/N-ethyl adjacent to an activating group) is 1. The summed E-state index contributed by atoms with van der Waals surface area (Å²) in [5.41, 5.74) is 0.252. The minimum absolute atomic E-state index is 0.211. The lowest BCUT2D eigenvalue weighted by molar-refractivity contribution is 0.0105. The molecule has 3 rings (SSSR count).